The molecule has 0 fully saturated rings. The molecule has 0 bridgehead atoms. The molecule has 2 heterocycles. The van der Waals surface area contributed by atoms with Crippen molar-refractivity contribution in [1.82, 2.24) is 30.9 Å². The normalized spacial score (nSPS) is 12.5. The zero-order valence-electron chi connectivity index (χ0n) is 12.1. The summed E-state index contributed by atoms with van der Waals surface area (Å²) in [5, 5.41) is 20.5. The number of nitrogens with one attached hydrogen (secondary N) is 3. The Hall–Kier alpha value is -2.70. The fourth-order valence-corrected chi connectivity index (χ4v) is 2.53. The molecule has 2 aromatic heterocycles. The quantitative estimate of drug-likeness (QED) is 0.682. The lowest BCUT2D eigenvalue weighted by Gasteiger charge is -2.14. The minimum Gasteiger partial charge on any atom is -0.345 e. The van der Waals surface area contributed by atoms with Crippen molar-refractivity contribution in [2.45, 2.75) is 26.8 Å². The van der Waals surface area contributed by atoms with Gasteiger partial charge >= 0.3 is 0 Å². The van der Waals surface area contributed by atoms with Crippen LogP contribution in [0, 0.1) is 13.8 Å². The maximum absolute atomic E-state index is 12.3. The van der Waals surface area contributed by atoms with Crippen LogP contribution < -0.4 is 5.32 Å². The molecule has 7 nitrogen and oxygen atoms in total. The topological polar surface area (TPSA) is 99.4 Å². The highest BCUT2D eigenvalue weighted by Gasteiger charge is 2.17. The number of aromatic nitrogens is 5. The molecule has 0 unspecified atom stereocenters. The van der Waals surface area contributed by atoms with Crippen LogP contribution >= 0.6 is 0 Å². The predicted molar refractivity (Wildman–Crippen MR) is 77.8 cm³/mol. The maximum Gasteiger partial charge on any atom is 0.251 e. The monoisotopic (exact) mass is 284 g/mol. The summed E-state index contributed by atoms with van der Waals surface area (Å²) < 4.78 is 0. The van der Waals surface area contributed by atoms with Crippen LogP contribution in [0.4, 0.5) is 0 Å². The van der Waals surface area contributed by atoms with E-state index in [2.05, 4.69) is 30.9 Å². The van der Waals surface area contributed by atoms with Crippen molar-refractivity contribution in [3.63, 3.8) is 0 Å². The lowest BCUT2D eigenvalue weighted by molar-refractivity contribution is 0.0940. The third kappa shape index (κ3) is 2.37. The number of rotatable bonds is 3. The molecule has 0 spiro atoms. The Bertz CT molecular complexity index is 783. The van der Waals surface area contributed by atoms with E-state index in [4.69, 9.17) is 0 Å². The molecule has 0 saturated heterocycles. The minimum absolute atomic E-state index is 0.121. The van der Waals surface area contributed by atoms with Gasteiger partial charge in [-0.1, -0.05) is 0 Å². The number of carbonyl (C=O) groups is 1. The Morgan fingerprint density at radius 2 is 1.95 bits per heavy atom. The molecule has 1 amide bonds. The van der Waals surface area contributed by atoms with Gasteiger partial charge in [0.05, 0.1) is 11.7 Å². The summed E-state index contributed by atoms with van der Waals surface area (Å²) in [6, 6.07) is 5.11. The van der Waals surface area contributed by atoms with Crippen molar-refractivity contribution in [1.29, 1.82) is 0 Å². The third-order valence-corrected chi connectivity index (χ3v) is 3.54. The zero-order valence-corrected chi connectivity index (χ0v) is 12.1. The molecule has 1 atom stereocenters. The molecule has 7 heteroatoms. The van der Waals surface area contributed by atoms with Crippen molar-refractivity contribution >= 4 is 16.9 Å². The van der Waals surface area contributed by atoms with E-state index in [9.17, 15) is 4.79 Å². The Labute approximate surface area is 121 Å². The van der Waals surface area contributed by atoms with Crippen LogP contribution in [0.1, 0.15) is 40.3 Å². The maximum atomic E-state index is 12.3. The molecular formula is C14H16N6O. The number of amides is 1. The van der Waals surface area contributed by atoms with Gasteiger partial charge in [-0.15, -0.1) is 0 Å². The van der Waals surface area contributed by atoms with Crippen LogP contribution in [-0.4, -0.2) is 31.5 Å². The van der Waals surface area contributed by atoms with Crippen molar-refractivity contribution < 1.29 is 4.79 Å². The molecule has 3 N–H and O–H groups in total. The Kier molecular flexibility index (Phi) is 3.17. The second-order valence-electron chi connectivity index (χ2n) is 5.07. The third-order valence-electron chi connectivity index (χ3n) is 3.54. The lowest BCUT2D eigenvalue weighted by atomic mass is 10.1. The van der Waals surface area contributed by atoms with Gasteiger partial charge in [-0.2, -0.15) is 20.5 Å². The Morgan fingerprint density at radius 3 is 2.67 bits per heavy atom. The number of aryl methyl sites for hydroxylation is 2. The van der Waals surface area contributed by atoms with Gasteiger partial charge in [0.25, 0.3) is 5.91 Å². The van der Waals surface area contributed by atoms with Crippen molar-refractivity contribution in [2.75, 3.05) is 0 Å². The summed E-state index contributed by atoms with van der Waals surface area (Å²) in [5.74, 6) is -0.146. The lowest BCUT2D eigenvalue weighted by Crippen LogP contribution is -2.27. The van der Waals surface area contributed by atoms with Gasteiger partial charge in [-0.3, -0.25) is 9.89 Å². The largest absolute Gasteiger partial charge is 0.345 e. The Balaban J connectivity index is 1.82. The highest BCUT2D eigenvalue weighted by Crippen LogP contribution is 2.20. The molecule has 21 heavy (non-hydrogen) atoms. The molecule has 0 aliphatic carbocycles. The van der Waals surface area contributed by atoms with Gasteiger partial charge in [0.15, 0.2) is 0 Å². The van der Waals surface area contributed by atoms with E-state index < -0.39 is 0 Å². The standard InChI is InChI=1S/C14H16N6O/c1-7(13-8(2)16-17-9(13)3)15-14(21)10-4-5-11-12(6-10)19-20-18-11/h4-7H,1-3H3,(H,15,21)(H,16,17)(H,18,19,20)/t7-/m1/s1. The van der Waals surface area contributed by atoms with Gasteiger partial charge < -0.3 is 5.32 Å². The van der Waals surface area contributed by atoms with Gasteiger partial charge in [0.2, 0.25) is 0 Å². The summed E-state index contributed by atoms with van der Waals surface area (Å²) in [6.07, 6.45) is 0. The van der Waals surface area contributed by atoms with Gasteiger partial charge in [-0.25, -0.2) is 0 Å². The molecular weight excluding hydrogens is 268 g/mol. The van der Waals surface area contributed by atoms with Crippen LogP contribution in [-0.2, 0) is 0 Å². The Morgan fingerprint density at radius 1 is 1.19 bits per heavy atom. The number of H-pyrrole nitrogens is 2. The highest BCUT2D eigenvalue weighted by atomic mass is 16.1. The van der Waals surface area contributed by atoms with Crippen molar-refractivity contribution in [2.24, 2.45) is 0 Å². The molecule has 3 aromatic rings. The molecule has 0 saturated carbocycles. The minimum atomic E-state index is -0.146. The number of aromatic amines is 2. The number of hydrogen-bond acceptors (Lipinski definition) is 4. The van der Waals surface area contributed by atoms with E-state index in [0.717, 1.165) is 22.5 Å². The molecule has 0 radical (unpaired) electrons. The number of nitrogens with zero attached hydrogens (tertiary/aromatic N) is 3. The van der Waals surface area contributed by atoms with Crippen LogP contribution in [0.15, 0.2) is 18.2 Å². The fraction of sp³-hybridized carbons (Fsp3) is 0.286. The molecule has 1 aromatic carbocycles. The first-order chi connectivity index (χ1) is 10.1. The predicted octanol–water partition coefficient (Wildman–Crippen LogP) is 1.79. The highest BCUT2D eigenvalue weighted by molar-refractivity contribution is 5.97. The van der Waals surface area contributed by atoms with Crippen LogP contribution in [0.2, 0.25) is 0 Å². The summed E-state index contributed by atoms with van der Waals surface area (Å²) in [5.41, 5.74) is 4.85. The van der Waals surface area contributed by atoms with Crippen LogP contribution in [0.5, 0.6) is 0 Å². The van der Waals surface area contributed by atoms with E-state index in [1.807, 2.05) is 20.8 Å². The number of carbonyl (C=O) groups excluding carboxylic acids is 1. The number of benzene rings is 1. The first-order valence-electron chi connectivity index (χ1n) is 6.69. The number of fused-ring (bicyclic) bond motifs is 1. The van der Waals surface area contributed by atoms with Gasteiger partial charge in [0, 0.05) is 16.8 Å². The first kappa shape index (κ1) is 13.3. The summed E-state index contributed by atoms with van der Waals surface area (Å²) in [4.78, 5) is 12.3. The van der Waals surface area contributed by atoms with Crippen LogP contribution in [0.3, 0.4) is 0 Å². The smallest absolute Gasteiger partial charge is 0.251 e. The van der Waals surface area contributed by atoms with E-state index in [1.165, 1.54) is 0 Å². The summed E-state index contributed by atoms with van der Waals surface area (Å²) in [6.45, 7) is 5.81. The fourth-order valence-electron chi connectivity index (χ4n) is 2.53. The van der Waals surface area contributed by atoms with Crippen molar-refractivity contribution in [3.8, 4) is 0 Å². The number of hydrogen-bond donors (Lipinski definition) is 3. The first-order valence-corrected chi connectivity index (χ1v) is 6.69. The molecule has 0 aliphatic heterocycles. The zero-order chi connectivity index (χ0) is 15.0. The SMILES string of the molecule is Cc1n[nH]c(C)c1[C@@H](C)NC(=O)c1ccc2n[nH]nc2c1. The summed E-state index contributed by atoms with van der Waals surface area (Å²) in [7, 11) is 0. The second kappa shape index (κ2) is 5.01. The van der Waals surface area contributed by atoms with E-state index in [1.54, 1.807) is 18.2 Å². The van der Waals surface area contributed by atoms with E-state index in [0.29, 0.717) is 11.1 Å². The average molecular weight is 284 g/mol. The summed E-state index contributed by atoms with van der Waals surface area (Å²) >= 11 is 0. The van der Waals surface area contributed by atoms with E-state index in [-0.39, 0.29) is 11.9 Å². The molecule has 108 valence electrons. The molecule has 3 rings (SSSR count). The average Bonchev–Trinajstić information content (AvgIpc) is 3.04. The van der Waals surface area contributed by atoms with E-state index >= 15 is 0 Å². The van der Waals surface area contributed by atoms with Gasteiger partial charge in [0.1, 0.15) is 11.0 Å². The molecule has 0 aliphatic rings. The second-order valence-corrected chi connectivity index (χ2v) is 5.07. The van der Waals surface area contributed by atoms with Crippen molar-refractivity contribution in [3.05, 3.63) is 40.7 Å². The van der Waals surface area contributed by atoms with Crippen LogP contribution in [0.25, 0.3) is 11.0 Å². The van der Waals surface area contributed by atoms with Gasteiger partial charge in [-0.05, 0) is 39.0 Å².